The predicted octanol–water partition coefficient (Wildman–Crippen LogP) is -0.556. The highest BCUT2D eigenvalue weighted by molar-refractivity contribution is 7.81. The lowest BCUT2D eigenvalue weighted by Gasteiger charge is -2.35. The summed E-state index contributed by atoms with van der Waals surface area (Å²) >= 11 is 4.11. The van der Waals surface area contributed by atoms with E-state index in [9.17, 15) is 14.7 Å². The normalized spacial score (nSPS) is 14.6. The standard InChI is InChI=1S/C9H17NO4S.ClH/c1-7(11)14-9(15,5-8(12)13)6-10(2,3)4;/h5-6H2,1-4H3,(H-,12,13,15);1H. The Bertz CT molecular complexity index is 249. The minimum Gasteiger partial charge on any atom is -0.550 e. The summed E-state index contributed by atoms with van der Waals surface area (Å²) in [5, 5.41) is 10.5. The third kappa shape index (κ3) is 8.82. The Morgan fingerprint density at radius 3 is 2.06 bits per heavy atom. The lowest BCUT2D eigenvalue weighted by molar-refractivity contribution is -0.874. The summed E-state index contributed by atoms with van der Waals surface area (Å²) in [5.41, 5.74) is 0. The molecule has 0 spiro atoms. The van der Waals surface area contributed by atoms with Gasteiger partial charge in [-0.2, -0.15) is 0 Å². The number of aliphatic carboxylic acids is 1. The molecule has 0 aromatic heterocycles. The van der Waals surface area contributed by atoms with Crippen molar-refractivity contribution in [3.8, 4) is 0 Å². The van der Waals surface area contributed by atoms with Crippen LogP contribution in [0.25, 0.3) is 0 Å². The Kier molecular flexibility index (Phi) is 7.08. The zero-order chi connectivity index (χ0) is 12.3. The molecular formula is C9H18ClNO4S. The highest BCUT2D eigenvalue weighted by Gasteiger charge is 2.35. The van der Waals surface area contributed by atoms with Crippen molar-refractivity contribution < 1.29 is 23.9 Å². The summed E-state index contributed by atoms with van der Waals surface area (Å²) in [7, 11) is 5.55. The number of esters is 1. The van der Waals surface area contributed by atoms with E-state index in [4.69, 9.17) is 4.74 Å². The Morgan fingerprint density at radius 1 is 1.38 bits per heavy atom. The highest BCUT2D eigenvalue weighted by Crippen LogP contribution is 2.23. The van der Waals surface area contributed by atoms with E-state index in [0.29, 0.717) is 4.48 Å². The van der Waals surface area contributed by atoms with Gasteiger partial charge in [-0.05, 0) is 0 Å². The summed E-state index contributed by atoms with van der Waals surface area (Å²) < 4.78 is 5.35. The minimum atomic E-state index is -1.32. The lowest BCUT2D eigenvalue weighted by atomic mass is 10.2. The quantitative estimate of drug-likeness (QED) is 0.315. The van der Waals surface area contributed by atoms with E-state index in [1.807, 2.05) is 21.1 Å². The van der Waals surface area contributed by atoms with Crippen LogP contribution in [-0.4, -0.2) is 49.0 Å². The number of carboxylic acid groups (broad SMARTS) is 1. The van der Waals surface area contributed by atoms with Gasteiger partial charge in [0.05, 0.1) is 21.1 Å². The van der Waals surface area contributed by atoms with Gasteiger partial charge < -0.3 is 19.1 Å². The second kappa shape index (κ2) is 6.32. The number of halogens is 1. The first-order chi connectivity index (χ1) is 6.54. The Balaban J connectivity index is 0. The van der Waals surface area contributed by atoms with E-state index >= 15 is 0 Å². The molecule has 0 aliphatic rings. The maximum atomic E-state index is 10.8. The number of hydrogen-bond acceptors (Lipinski definition) is 5. The first kappa shape index (κ1) is 17.9. The van der Waals surface area contributed by atoms with Crippen molar-refractivity contribution in [2.45, 2.75) is 18.3 Å². The Labute approximate surface area is 107 Å². The maximum absolute atomic E-state index is 10.8. The monoisotopic (exact) mass is 271 g/mol. The fourth-order valence-electron chi connectivity index (χ4n) is 1.36. The van der Waals surface area contributed by atoms with Crippen LogP contribution in [0, 0.1) is 0 Å². The molecule has 0 radical (unpaired) electrons. The largest absolute Gasteiger partial charge is 0.550 e. The van der Waals surface area contributed by atoms with E-state index in [1.165, 1.54) is 6.92 Å². The van der Waals surface area contributed by atoms with Crippen LogP contribution in [0.1, 0.15) is 13.3 Å². The zero-order valence-corrected chi connectivity index (χ0v) is 11.6. The molecule has 16 heavy (non-hydrogen) atoms. The average Bonchev–Trinajstić information content (AvgIpc) is 1.73. The second-order valence-corrected chi connectivity index (χ2v) is 5.35. The average molecular weight is 272 g/mol. The first-order valence-electron chi connectivity index (χ1n) is 4.46. The van der Waals surface area contributed by atoms with Gasteiger partial charge in [0.1, 0.15) is 6.54 Å². The SMILES string of the molecule is CC(=O)OC(S)(CC(=O)[O-])C[N+](C)(C)C.Cl. The lowest BCUT2D eigenvalue weighted by Crippen LogP contribution is -2.50. The summed E-state index contributed by atoms with van der Waals surface area (Å²) in [6.45, 7) is 1.50. The van der Waals surface area contributed by atoms with Crippen molar-refractivity contribution >= 4 is 37.0 Å². The maximum Gasteiger partial charge on any atom is 0.304 e. The van der Waals surface area contributed by atoms with Crippen molar-refractivity contribution in [1.82, 2.24) is 0 Å². The van der Waals surface area contributed by atoms with Crippen LogP contribution < -0.4 is 5.11 Å². The van der Waals surface area contributed by atoms with Gasteiger partial charge in [-0.25, -0.2) is 0 Å². The molecule has 0 bridgehead atoms. The molecule has 0 rings (SSSR count). The van der Waals surface area contributed by atoms with Gasteiger partial charge in [-0.3, -0.25) is 4.79 Å². The first-order valence-corrected chi connectivity index (χ1v) is 4.91. The third-order valence-electron chi connectivity index (χ3n) is 1.48. The van der Waals surface area contributed by atoms with Gasteiger partial charge in [0.2, 0.25) is 4.93 Å². The number of hydrogen-bond donors (Lipinski definition) is 1. The molecule has 0 heterocycles. The number of carbonyl (C=O) groups is 2. The molecule has 0 saturated heterocycles. The summed E-state index contributed by atoms with van der Waals surface area (Å²) in [5.74, 6) is -1.85. The van der Waals surface area contributed by atoms with Crippen LogP contribution in [0.4, 0.5) is 0 Å². The predicted molar refractivity (Wildman–Crippen MR) is 63.3 cm³/mol. The molecule has 1 unspecified atom stereocenters. The van der Waals surface area contributed by atoms with Crippen molar-refractivity contribution in [2.24, 2.45) is 0 Å². The van der Waals surface area contributed by atoms with Crippen LogP contribution >= 0.6 is 25.0 Å². The summed E-state index contributed by atoms with van der Waals surface area (Å²) in [6, 6.07) is 0. The minimum absolute atomic E-state index is 0. The molecule has 0 N–H and O–H groups in total. The number of rotatable bonds is 5. The second-order valence-electron chi connectivity index (χ2n) is 4.54. The van der Waals surface area contributed by atoms with Gasteiger partial charge >= 0.3 is 5.97 Å². The van der Waals surface area contributed by atoms with E-state index in [1.54, 1.807) is 0 Å². The molecule has 0 saturated carbocycles. The fraction of sp³-hybridized carbons (Fsp3) is 0.778. The molecule has 0 fully saturated rings. The molecule has 0 aromatic rings. The zero-order valence-electron chi connectivity index (χ0n) is 9.85. The van der Waals surface area contributed by atoms with Crippen LogP contribution in [0.15, 0.2) is 0 Å². The molecule has 0 aliphatic carbocycles. The van der Waals surface area contributed by atoms with E-state index in [2.05, 4.69) is 12.6 Å². The molecule has 0 aliphatic heterocycles. The molecule has 96 valence electrons. The molecule has 0 aromatic carbocycles. The molecule has 7 heteroatoms. The Hall–Kier alpha value is -0.460. The third-order valence-corrected chi connectivity index (χ3v) is 1.87. The van der Waals surface area contributed by atoms with E-state index < -0.39 is 23.3 Å². The number of ether oxygens (including phenoxy) is 1. The van der Waals surface area contributed by atoms with Crippen LogP contribution in [-0.2, 0) is 14.3 Å². The number of quaternary nitrogens is 1. The van der Waals surface area contributed by atoms with E-state index in [-0.39, 0.29) is 19.0 Å². The van der Waals surface area contributed by atoms with Crippen molar-refractivity contribution in [1.29, 1.82) is 0 Å². The van der Waals surface area contributed by atoms with Crippen molar-refractivity contribution in [3.63, 3.8) is 0 Å². The van der Waals surface area contributed by atoms with Crippen LogP contribution in [0.3, 0.4) is 0 Å². The van der Waals surface area contributed by atoms with Gasteiger partial charge in [0.15, 0.2) is 0 Å². The van der Waals surface area contributed by atoms with Gasteiger partial charge in [-0.15, -0.1) is 25.0 Å². The van der Waals surface area contributed by atoms with Gasteiger partial charge in [0, 0.05) is 19.3 Å². The fourth-order valence-corrected chi connectivity index (χ4v) is 2.04. The summed E-state index contributed by atoms with van der Waals surface area (Å²) in [4.78, 5) is 20.0. The number of nitrogens with zero attached hydrogens (tertiary/aromatic N) is 1. The number of likely N-dealkylation sites (N-methyl/N-ethyl adjacent to an activating group) is 1. The topological polar surface area (TPSA) is 66.4 Å². The molecular weight excluding hydrogens is 254 g/mol. The number of thiol groups is 1. The van der Waals surface area contributed by atoms with Gasteiger partial charge in [0.25, 0.3) is 0 Å². The number of carboxylic acids is 1. The summed E-state index contributed by atoms with van der Waals surface area (Å²) in [6.07, 6.45) is -0.425. The van der Waals surface area contributed by atoms with Crippen LogP contribution in [0.2, 0.25) is 0 Å². The smallest absolute Gasteiger partial charge is 0.304 e. The van der Waals surface area contributed by atoms with Crippen molar-refractivity contribution in [2.75, 3.05) is 27.7 Å². The Morgan fingerprint density at radius 2 is 1.81 bits per heavy atom. The molecule has 1 atom stereocenters. The van der Waals surface area contributed by atoms with Gasteiger partial charge in [-0.1, -0.05) is 0 Å². The number of carbonyl (C=O) groups excluding carboxylic acids is 2. The van der Waals surface area contributed by atoms with Crippen LogP contribution in [0.5, 0.6) is 0 Å². The van der Waals surface area contributed by atoms with Crippen molar-refractivity contribution in [3.05, 3.63) is 0 Å². The molecule has 0 amide bonds. The molecule has 5 nitrogen and oxygen atoms in total. The van der Waals surface area contributed by atoms with E-state index in [0.717, 1.165) is 0 Å². The highest BCUT2D eigenvalue weighted by atomic mass is 35.5.